The number of aliphatic hydroxyl groups is 5. The van der Waals surface area contributed by atoms with Crippen LogP contribution in [0, 0.1) is 17.8 Å². The maximum absolute atomic E-state index is 13.4. The molecule has 0 radical (unpaired) electrons. The molecular weight excluding hydrogens is 592 g/mol. The number of Topliss-reactive ketones (excluding diaryl/α,β-unsaturated/α-hetero) is 1. The van der Waals surface area contributed by atoms with Crippen LogP contribution in [0.1, 0.15) is 44.2 Å². The molecule has 13 nitrogen and oxygen atoms in total. The van der Waals surface area contributed by atoms with E-state index in [0.717, 1.165) is 14.2 Å². The number of hydrogen-bond donors (Lipinski definition) is 6. The molecule has 2 fully saturated rings. The molecule has 1 saturated heterocycles. The van der Waals surface area contributed by atoms with E-state index in [2.05, 4.69) is 0 Å². The van der Waals surface area contributed by atoms with Crippen LogP contribution in [0.15, 0.2) is 46.9 Å². The summed E-state index contributed by atoms with van der Waals surface area (Å²) >= 11 is 0. The van der Waals surface area contributed by atoms with Gasteiger partial charge in [0.25, 0.3) is 5.60 Å². The van der Waals surface area contributed by atoms with Crippen molar-refractivity contribution >= 4 is 29.1 Å². The number of phenols is 1. The second kappa shape index (κ2) is 10.4. The van der Waals surface area contributed by atoms with Gasteiger partial charge in [-0.25, -0.2) is 9.59 Å². The van der Waals surface area contributed by atoms with Crippen molar-refractivity contribution in [2.24, 2.45) is 17.8 Å². The Balaban J connectivity index is 1.57. The number of aliphatic hydroxyl groups excluding tert-OH is 5. The van der Waals surface area contributed by atoms with E-state index < -0.39 is 82.1 Å². The fourth-order valence-corrected chi connectivity index (χ4v) is 7.49. The molecule has 8 unspecified atom stereocenters. The molecule has 6 N–H and O–H groups in total. The van der Waals surface area contributed by atoms with E-state index >= 15 is 0 Å². The van der Waals surface area contributed by atoms with Crippen molar-refractivity contribution < 1.29 is 64.0 Å². The van der Waals surface area contributed by atoms with Gasteiger partial charge < -0.3 is 49.6 Å². The SMILES string of the molecule is COC(=O)C12OC3C(c4ccc(O)c5c4OC4(C(=O)OC)C(=C5O)C(=O)CC(C)C4O)=CC=C(O)C3CC1=C(O)CC(C)C2O. The lowest BCUT2D eigenvalue weighted by Gasteiger charge is -2.51. The summed E-state index contributed by atoms with van der Waals surface area (Å²) in [4.78, 5) is 40.0. The molecule has 45 heavy (non-hydrogen) atoms. The van der Waals surface area contributed by atoms with Crippen LogP contribution in [-0.2, 0) is 28.6 Å². The zero-order chi connectivity index (χ0) is 32.7. The van der Waals surface area contributed by atoms with Gasteiger partial charge in [-0.2, -0.15) is 0 Å². The monoisotopic (exact) mass is 626 g/mol. The number of ether oxygens (including phenoxy) is 4. The quantitative estimate of drug-likeness (QED) is 0.267. The lowest BCUT2D eigenvalue weighted by Crippen LogP contribution is -2.64. The Hall–Kier alpha value is -4.33. The molecule has 13 heteroatoms. The molecule has 0 bridgehead atoms. The summed E-state index contributed by atoms with van der Waals surface area (Å²) in [6, 6.07) is 2.60. The van der Waals surface area contributed by atoms with E-state index in [1.807, 2.05) is 0 Å². The van der Waals surface area contributed by atoms with Gasteiger partial charge in [0.05, 0.1) is 43.3 Å². The fraction of sp³-hybridized carbons (Fsp3) is 0.469. The molecule has 6 rings (SSSR count). The number of aromatic hydroxyl groups is 1. The van der Waals surface area contributed by atoms with Crippen molar-refractivity contribution in [1.82, 2.24) is 0 Å². The van der Waals surface area contributed by atoms with Crippen LogP contribution in [0.3, 0.4) is 0 Å². The van der Waals surface area contributed by atoms with Crippen molar-refractivity contribution in [2.45, 2.75) is 62.6 Å². The minimum atomic E-state index is -2.49. The fourth-order valence-electron chi connectivity index (χ4n) is 7.49. The molecule has 3 aliphatic carbocycles. The first-order valence-corrected chi connectivity index (χ1v) is 14.5. The van der Waals surface area contributed by atoms with Crippen molar-refractivity contribution in [1.29, 1.82) is 0 Å². The molecule has 1 aromatic rings. The number of allylic oxidation sites excluding steroid dienone is 3. The zero-order valence-corrected chi connectivity index (χ0v) is 24.9. The van der Waals surface area contributed by atoms with Crippen LogP contribution in [0.25, 0.3) is 11.3 Å². The Morgan fingerprint density at radius 1 is 0.889 bits per heavy atom. The smallest absolute Gasteiger partial charge is 0.358 e. The number of ketones is 1. The molecule has 5 aliphatic rings. The van der Waals surface area contributed by atoms with Gasteiger partial charge in [0.1, 0.15) is 35.0 Å². The third-order valence-corrected chi connectivity index (χ3v) is 9.76. The van der Waals surface area contributed by atoms with E-state index in [-0.39, 0.29) is 58.8 Å². The van der Waals surface area contributed by atoms with Crippen molar-refractivity contribution in [3.05, 3.63) is 58.1 Å². The third-order valence-electron chi connectivity index (χ3n) is 9.76. The number of esters is 2. The van der Waals surface area contributed by atoms with Crippen molar-refractivity contribution in [3.8, 4) is 11.5 Å². The first kappa shape index (κ1) is 30.7. The highest BCUT2D eigenvalue weighted by Crippen LogP contribution is 2.56. The van der Waals surface area contributed by atoms with Crippen molar-refractivity contribution in [2.75, 3.05) is 14.2 Å². The van der Waals surface area contributed by atoms with Crippen LogP contribution < -0.4 is 4.74 Å². The summed E-state index contributed by atoms with van der Waals surface area (Å²) in [5.41, 5.74) is -5.14. The highest BCUT2D eigenvalue weighted by molar-refractivity contribution is 6.12. The summed E-state index contributed by atoms with van der Waals surface area (Å²) in [6.45, 7) is 3.16. The second-order valence-corrected chi connectivity index (χ2v) is 12.3. The van der Waals surface area contributed by atoms with Crippen LogP contribution in [0.5, 0.6) is 11.5 Å². The molecule has 8 atom stereocenters. The highest BCUT2D eigenvalue weighted by atomic mass is 16.6. The Bertz CT molecular complexity index is 1650. The van der Waals surface area contributed by atoms with Crippen LogP contribution in [0.2, 0.25) is 0 Å². The minimum Gasteiger partial charge on any atom is -0.512 e. The van der Waals surface area contributed by atoms with Gasteiger partial charge in [-0.05, 0) is 42.0 Å². The molecule has 0 spiro atoms. The summed E-state index contributed by atoms with van der Waals surface area (Å²) in [5, 5.41) is 67.0. The normalized spacial score (nSPS) is 35.6. The van der Waals surface area contributed by atoms with Gasteiger partial charge in [-0.15, -0.1) is 0 Å². The standard InChI is InChI=1S/C32H34O13/c1-12-9-20(35)17-11-16-18(33)7-5-14(25(16)44-31(17,27(12)38)29(40)42-3)15-6-8-19(34)22-24(37)23-21(36)10-13(2)28(39)32(23,30(41)43-4)45-26(15)22/h5-8,12-13,16,25,27-28,33-35,37-39H,9-11H2,1-4H3. The van der Waals surface area contributed by atoms with Crippen LogP contribution >= 0.6 is 0 Å². The van der Waals surface area contributed by atoms with Gasteiger partial charge in [-0.1, -0.05) is 19.9 Å². The summed E-state index contributed by atoms with van der Waals surface area (Å²) in [5.74, 6) is -7.03. The number of hydrogen-bond acceptors (Lipinski definition) is 13. The summed E-state index contributed by atoms with van der Waals surface area (Å²) < 4.78 is 22.7. The average Bonchev–Trinajstić information content (AvgIpc) is 3.01. The van der Waals surface area contributed by atoms with Crippen molar-refractivity contribution in [3.63, 3.8) is 0 Å². The van der Waals surface area contributed by atoms with E-state index in [0.29, 0.717) is 0 Å². The van der Waals surface area contributed by atoms with Crippen LogP contribution in [0.4, 0.5) is 0 Å². The van der Waals surface area contributed by atoms with E-state index in [9.17, 15) is 45.0 Å². The maximum atomic E-state index is 13.4. The Kier molecular flexibility index (Phi) is 7.06. The number of methoxy groups -OCH3 is 2. The topological polar surface area (TPSA) is 210 Å². The second-order valence-electron chi connectivity index (χ2n) is 12.3. The van der Waals surface area contributed by atoms with Crippen LogP contribution in [-0.4, -0.2) is 92.1 Å². The average molecular weight is 627 g/mol. The third kappa shape index (κ3) is 3.93. The summed E-state index contributed by atoms with van der Waals surface area (Å²) in [6.07, 6.45) is -1.76. The van der Waals surface area contributed by atoms with Gasteiger partial charge in [0, 0.05) is 24.0 Å². The van der Waals surface area contributed by atoms with E-state index in [4.69, 9.17) is 18.9 Å². The lowest BCUT2D eigenvalue weighted by molar-refractivity contribution is -0.204. The number of fused-ring (bicyclic) bond motifs is 4. The number of rotatable bonds is 3. The first-order chi connectivity index (χ1) is 21.3. The Morgan fingerprint density at radius 2 is 1.51 bits per heavy atom. The molecule has 1 saturated carbocycles. The maximum Gasteiger partial charge on any atom is 0.358 e. The number of benzene rings is 1. The van der Waals surface area contributed by atoms with Gasteiger partial charge in [-0.3, -0.25) is 4.79 Å². The highest BCUT2D eigenvalue weighted by Gasteiger charge is 2.65. The number of carbonyl (C=O) groups is 3. The van der Waals surface area contributed by atoms with Gasteiger partial charge in [0.15, 0.2) is 5.78 Å². The predicted molar refractivity (Wildman–Crippen MR) is 154 cm³/mol. The number of carbonyl (C=O) groups excluding carboxylic acids is 3. The molecular formula is C32H34O13. The Labute approximate surface area is 257 Å². The van der Waals surface area contributed by atoms with E-state index in [1.54, 1.807) is 6.92 Å². The van der Waals surface area contributed by atoms with E-state index in [1.165, 1.54) is 31.2 Å². The molecule has 0 aromatic heterocycles. The number of phenolic OH excluding ortho intramolecular Hbond substituents is 1. The lowest BCUT2D eigenvalue weighted by atomic mass is 9.66. The molecule has 2 aliphatic heterocycles. The minimum absolute atomic E-state index is 0.0610. The molecule has 240 valence electrons. The zero-order valence-electron chi connectivity index (χ0n) is 24.9. The molecule has 1 aromatic carbocycles. The predicted octanol–water partition coefficient (Wildman–Crippen LogP) is 2.30. The van der Waals surface area contributed by atoms with Gasteiger partial charge >= 0.3 is 11.9 Å². The molecule has 2 heterocycles. The molecule has 0 amide bonds. The largest absolute Gasteiger partial charge is 0.512 e. The first-order valence-electron chi connectivity index (χ1n) is 14.5. The Morgan fingerprint density at radius 3 is 2.18 bits per heavy atom. The van der Waals surface area contributed by atoms with Gasteiger partial charge in [0.2, 0.25) is 5.60 Å². The summed E-state index contributed by atoms with van der Waals surface area (Å²) in [7, 11) is 2.15.